The summed E-state index contributed by atoms with van der Waals surface area (Å²) in [7, 11) is 1.35. The first-order chi connectivity index (χ1) is 10.3. The summed E-state index contributed by atoms with van der Waals surface area (Å²) in [6.45, 7) is 0.935. The van der Waals surface area contributed by atoms with E-state index in [1.807, 2.05) is 30.5 Å². The molecule has 1 N–H and O–H groups in total. The Morgan fingerprint density at radius 2 is 2.33 bits per heavy atom. The third-order valence-electron chi connectivity index (χ3n) is 3.58. The van der Waals surface area contributed by atoms with E-state index >= 15 is 0 Å². The number of carbonyl (C=O) groups excluding carboxylic acids is 1. The summed E-state index contributed by atoms with van der Waals surface area (Å²) in [5, 5.41) is 2.68. The Bertz CT molecular complexity index is 643. The second-order valence-electron chi connectivity index (χ2n) is 4.79. The second kappa shape index (κ2) is 5.93. The number of amides is 1. The van der Waals surface area contributed by atoms with Crippen molar-refractivity contribution in [1.29, 1.82) is 0 Å². The van der Waals surface area contributed by atoms with E-state index in [9.17, 15) is 4.79 Å². The van der Waals surface area contributed by atoms with Crippen molar-refractivity contribution in [1.82, 2.24) is 10.3 Å². The number of nitrogens with zero attached hydrogens (tertiary/aromatic N) is 1. The molecule has 1 amide bonds. The van der Waals surface area contributed by atoms with Crippen LogP contribution in [0.3, 0.4) is 0 Å². The van der Waals surface area contributed by atoms with E-state index in [4.69, 9.17) is 4.74 Å². The van der Waals surface area contributed by atoms with E-state index in [0.29, 0.717) is 13.2 Å². The molecule has 0 spiro atoms. The van der Waals surface area contributed by atoms with Gasteiger partial charge >= 0.3 is 6.09 Å². The van der Waals surface area contributed by atoms with Gasteiger partial charge in [0.2, 0.25) is 0 Å². The smallest absolute Gasteiger partial charge is 0.406 e. The van der Waals surface area contributed by atoms with Crippen LogP contribution in [0.2, 0.25) is 0 Å². The van der Waals surface area contributed by atoms with Crippen molar-refractivity contribution in [3.8, 4) is 11.1 Å². The first-order valence-corrected chi connectivity index (χ1v) is 6.75. The summed E-state index contributed by atoms with van der Waals surface area (Å²) in [4.78, 5) is 15.3. The summed E-state index contributed by atoms with van der Waals surface area (Å²) in [6, 6.07) is 10.0. The number of nitrogens with one attached hydrogen (secondary N) is 1. The van der Waals surface area contributed by atoms with Crippen LogP contribution in [-0.4, -0.2) is 24.7 Å². The molecule has 2 aromatic rings. The molecule has 5 heteroatoms. The van der Waals surface area contributed by atoms with Gasteiger partial charge in [0.05, 0.1) is 20.3 Å². The average molecular weight is 284 g/mol. The fourth-order valence-electron chi connectivity index (χ4n) is 2.55. The molecule has 0 aliphatic carbocycles. The van der Waals surface area contributed by atoms with Crippen LogP contribution >= 0.6 is 0 Å². The van der Waals surface area contributed by atoms with Crippen LogP contribution in [0.25, 0.3) is 11.1 Å². The monoisotopic (exact) mass is 284 g/mol. The predicted molar refractivity (Wildman–Crippen MR) is 77.6 cm³/mol. The van der Waals surface area contributed by atoms with Crippen LogP contribution in [0, 0.1) is 0 Å². The molecular weight excluding hydrogens is 268 g/mol. The molecule has 0 radical (unpaired) electrons. The Morgan fingerprint density at radius 1 is 1.43 bits per heavy atom. The van der Waals surface area contributed by atoms with Crippen molar-refractivity contribution in [2.24, 2.45) is 0 Å². The van der Waals surface area contributed by atoms with Crippen LogP contribution in [0.5, 0.6) is 0 Å². The zero-order valence-electron chi connectivity index (χ0n) is 11.7. The number of alkyl carbamates (subject to hydrolysis) is 1. The van der Waals surface area contributed by atoms with Crippen molar-refractivity contribution in [3.05, 3.63) is 53.9 Å². The van der Waals surface area contributed by atoms with E-state index < -0.39 is 6.09 Å². The zero-order chi connectivity index (χ0) is 14.7. The van der Waals surface area contributed by atoms with E-state index in [1.54, 1.807) is 6.20 Å². The van der Waals surface area contributed by atoms with E-state index in [0.717, 1.165) is 22.3 Å². The Hall–Kier alpha value is -2.40. The molecule has 1 aliphatic heterocycles. The van der Waals surface area contributed by atoms with Crippen molar-refractivity contribution in [2.45, 2.75) is 12.7 Å². The van der Waals surface area contributed by atoms with Crippen molar-refractivity contribution < 1.29 is 14.3 Å². The molecule has 21 heavy (non-hydrogen) atoms. The van der Waals surface area contributed by atoms with Gasteiger partial charge in [0.1, 0.15) is 6.10 Å². The van der Waals surface area contributed by atoms with Gasteiger partial charge in [-0.15, -0.1) is 0 Å². The molecule has 0 saturated carbocycles. The summed E-state index contributed by atoms with van der Waals surface area (Å²) in [6.07, 6.45) is 3.01. The third-order valence-corrected chi connectivity index (χ3v) is 3.58. The largest absolute Gasteiger partial charge is 0.453 e. The molecule has 2 heterocycles. The Kier molecular flexibility index (Phi) is 3.83. The van der Waals surface area contributed by atoms with Gasteiger partial charge in [0.15, 0.2) is 0 Å². The number of hydrogen-bond donors (Lipinski definition) is 1. The van der Waals surface area contributed by atoms with Crippen molar-refractivity contribution in [3.63, 3.8) is 0 Å². The highest BCUT2D eigenvalue weighted by Crippen LogP contribution is 2.36. The highest BCUT2D eigenvalue weighted by Gasteiger charge is 2.26. The number of aromatic nitrogens is 1. The highest BCUT2D eigenvalue weighted by molar-refractivity contribution is 5.69. The maximum Gasteiger partial charge on any atom is 0.406 e. The average Bonchev–Trinajstić information content (AvgIpc) is 2.96. The molecular formula is C16H16N2O3. The van der Waals surface area contributed by atoms with Crippen LogP contribution in [0.1, 0.15) is 17.2 Å². The quantitative estimate of drug-likeness (QED) is 0.941. The normalized spacial score (nSPS) is 16.3. The van der Waals surface area contributed by atoms with Gasteiger partial charge in [-0.3, -0.25) is 4.98 Å². The molecule has 3 rings (SSSR count). The zero-order valence-corrected chi connectivity index (χ0v) is 11.7. The molecule has 108 valence electrons. The van der Waals surface area contributed by atoms with Gasteiger partial charge in [0.25, 0.3) is 0 Å². The maximum atomic E-state index is 11.2. The molecule has 0 bridgehead atoms. The van der Waals surface area contributed by atoms with Crippen LogP contribution in [0.4, 0.5) is 4.79 Å². The van der Waals surface area contributed by atoms with Gasteiger partial charge < -0.3 is 14.8 Å². The number of pyridine rings is 1. The van der Waals surface area contributed by atoms with E-state index in [1.165, 1.54) is 7.11 Å². The highest BCUT2D eigenvalue weighted by atomic mass is 16.5. The Labute approximate surface area is 122 Å². The minimum Gasteiger partial charge on any atom is -0.453 e. The lowest BCUT2D eigenvalue weighted by Crippen LogP contribution is -2.27. The number of benzene rings is 1. The fourth-order valence-corrected chi connectivity index (χ4v) is 2.55. The predicted octanol–water partition coefficient (Wildman–Crippen LogP) is 2.68. The van der Waals surface area contributed by atoms with Gasteiger partial charge in [-0.1, -0.05) is 24.3 Å². The Balaban J connectivity index is 1.86. The van der Waals surface area contributed by atoms with E-state index in [-0.39, 0.29) is 6.10 Å². The van der Waals surface area contributed by atoms with Crippen molar-refractivity contribution in [2.75, 3.05) is 13.7 Å². The van der Waals surface area contributed by atoms with Crippen LogP contribution < -0.4 is 5.32 Å². The molecule has 1 unspecified atom stereocenters. The molecule has 0 fully saturated rings. The number of fused-ring (bicyclic) bond motifs is 1. The standard InChI is InChI=1S/C16H16N2O3/c1-20-16(19)18-9-15-13-6-2-5-12(14(13)10-21-15)11-4-3-7-17-8-11/h2-8,15H,9-10H2,1H3,(H,18,19). The molecule has 1 aromatic heterocycles. The van der Waals surface area contributed by atoms with Crippen molar-refractivity contribution >= 4 is 6.09 Å². The lowest BCUT2D eigenvalue weighted by Gasteiger charge is -2.12. The second-order valence-corrected chi connectivity index (χ2v) is 4.79. The third kappa shape index (κ3) is 2.73. The summed E-state index contributed by atoms with van der Waals surface area (Å²) >= 11 is 0. The van der Waals surface area contributed by atoms with E-state index in [2.05, 4.69) is 21.1 Å². The number of methoxy groups -OCH3 is 1. The number of carbonyl (C=O) groups is 1. The Morgan fingerprint density at radius 3 is 3.10 bits per heavy atom. The fraction of sp³-hybridized carbons (Fsp3) is 0.250. The molecule has 5 nitrogen and oxygen atoms in total. The molecule has 1 atom stereocenters. The number of ether oxygens (including phenoxy) is 2. The lowest BCUT2D eigenvalue weighted by molar-refractivity contribution is 0.0648. The minimum absolute atomic E-state index is 0.143. The summed E-state index contributed by atoms with van der Waals surface area (Å²) in [5.41, 5.74) is 4.45. The first kappa shape index (κ1) is 13.6. The number of hydrogen-bond acceptors (Lipinski definition) is 4. The molecule has 1 aromatic carbocycles. The topological polar surface area (TPSA) is 60.5 Å². The van der Waals surface area contributed by atoms with Gasteiger partial charge in [-0.25, -0.2) is 4.79 Å². The van der Waals surface area contributed by atoms with Crippen LogP contribution in [-0.2, 0) is 16.1 Å². The lowest BCUT2D eigenvalue weighted by atomic mass is 9.96. The van der Waals surface area contributed by atoms with Gasteiger partial charge in [-0.2, -0.15) is 0 Å². The summed E-state index contributed by atoms with van der Waals surface area (Å²) < 4.78 is 10.4. The van der Waals surface area contributed by atoms with Gasteiger partial charge in [0, 0.05) is 18.0 Å². The first-order valence-electron chi connectivity index (χ1n) is 6.75. The number of rotatable bonds is 3. The summed E-state index contributed by atoms with van der Waals surface area (Å²) in [5.74, 6) is 0. The van der Waals surface area contributed by atoms with Gasteiger partial charge in [-0.05, 0) is 22.8 Å². The minimum atomic E-state index is -0.449. The SMILES string of the molecule is COC(=O)NCC1OCc2c(-c3cccnc3)cccc21. The molecule has 0 saturated heterocycles. The van der Waals surface area contributed by atoms with Crippen LogP contribution in [0.15, 0.2) is 42.7 Å². The maximum absolute atomic E-state index is 11.2. The molecule has 1 aliphatic rings.